The predicted octanol–water partition coefficient (Wildman–Crippen LogP) is 2.69. The first-order valence-corrected chi connectivity index (χ1v) is 8.01. The van der Waals surface area contributed by atoms with Crippen molar-refractivity contribution in [1.29, 1.82) is 0 Å². The Balaban J connectivity index is 2.40. The summed E-state index contributed by atoms with van der Waals surface area (Å²) in [6.45, 7) is 0. The van der Waals surface area contributed by atoms with Crippen LogP contribution in [0.5, 0.6) is 0 Å². The number of hydrazine groups is 1. The highest BCUT2D eigenvalue weighted by Crippen LogP contribution is 2.25. The van der Waals surface area contributed by atoms with Gasteiger partial charge in [-0.3, -0.25) is 9.59 Å². The molecule has 0 aromatic heterocycles. The Morgan fingerprint density at radius 3 is 2.08 bits per heavy atom. The van der Waals surface area contributed by atoms with Crippen LogP contribution in [0, 0.1) is 0 Å². The van der Waals surface area contributed by atoms with Crippen LogP contribution < -0.4 is 10.1 Å². The molecule has 2 aromatic rings. The quantitative estimate of drug-likeness (QED) is 0.501. The third-order valence-electron chi connectivity index (χ3n) is 3.28. The SMILES string of the molecule is COC(=O)c1ccccc1C(=O)N(C)N(SC(N)=O)c1ccccc1. The van der Waals surface area contributed by atoms with Crippen LogP contribution in [0.3, 0.4) is 0 Å². The van der Waals surface area contributed by atoms with Gasteiger partial charge in [-0.2, -0.15) is 0 Å². The van der Waals surface area contributed by atoms with Crippen molar-refractivity contribution in [2.75, 3.05) is 18.6 Å². The number of rotatable bonds is 5. The minimum atomic E-state index is -0.676. The van der Waals surface area contributed by atoms with Crippen molar-refractivity contribution in [2.24, 2.45) is 5.73 Å². The first-order chi connectivity index (χ1) is 12.0. The number of carbonyl (C=O) groups excluding carboxylic acids is 3. The number of hydrogen-bond donors (Lipinski definition) is 1. The number of para-hydroxylation sites is 1. The number of nitrogens with zero attached hydrogens (tertiary/aromatic N) is 2. The van der Waals surface area contributed by atoms with Crippen LogP contribution >= 0.6 is 11.9 Å². The lowest BCUT2D eigenvalue weighted by Gasteiger charge is -2.31. The van der Waals surface area contributed by atoms with Gasteiger partial charge < -0.3 is 10.5 Å². The molecule has 0 spiro atoms. The summed E-state index contributed by atoms with van der Waals surface area (Å²) >= 11 is 0.665. The van der Waals surface area contributed by atoms with Gasteiger partial charge in [0.25, 0.3) is 11.1 Å². The molecular weight excluding hydrogens is 342 g/mol. The average Bonchev–Trinajstić information content (AvgIpc) is 2.64. The van der Waals surface area contributed by atoms with Gasteiger partial charge in [-0.15, -0.1) is 0 Å². The number of esters is 1. The van der Waals surface area contributed by atoms with Gasteiger partial charge in [-0.05, 0) is 24.3 Å². The van der Waals surface area contributed by atoms with Crippen molar-refractivity contribution in [2.45, 2.75) is 0 Å². The number of ether oxygens (including phenoxy) is 1. The molecule has 130 valence electrons. The second-order valence-corrected chi connectivity index (χ2v) is 5.82. The fraction of sp³-hybridized carbons (Fsp3) is 0.118. The molecule has 2 N–H and O–H groups in total. The van der Waals surface area contributed by atoms with Gasteiger partial charge in [0.15, 0.2) is 0 Å². The number of carbonyl (C=O) groups is 3. The van der Waals surface area contributed by atoms with E-state index in [1.54, 1.807) is 36.4 Å². The number of anilines is 1. The summed E-state index contributed by atoms with van der Waals surface area (Å²) in [4.78, 5) is 36.2. The lowest BCUT2D eigenvalue weighted by molar-refractivity contribution is 0.0592. The van der Waals surface area contributed by atoms with E-state index >= 15 is 0 Å². The minimum Gasteiger partial charge on any atom is -0.465 e. The van der Waals surface area contributed by atoms with Crippen LogP contribution in [0.2, 0.25) is 0 Å². The Bertz CT molecular complexity index is 782. The third kappa shape index (κ3) is 4.30. The normalized spacial score (nSPS) is 10.0. The number of hydrogen-bond acceptors (Lipinski definition) is 6. The van der Waals surface area contributed by atoms with Gasteiger partial charge in [0.05, 0.1) is 35.9 Å². The average molecular weight is 359 g/mol. The molecule has 2 amide bonds. The molecule has 0 unspecified atom stereocenters. The Morgan fingerprint density at radius 1 is 0.960 bits per heavy atom. The van der Waals surface area contributed by atoms with E-state index in [1.165, 1.54) is 35.7 Å². The summed E-state index contributed by atoms with van der Waals surface area (Å²) in [6.07, 6.45) is 0. The number of amides is 2. The summed E-state index contributed by atoms with van der Waals surface area (Å²) in [7, 11) is 2.73. The second-order valence-electron chi connectivity index (χ2n) is 4.88. The van der Waals surface area contributed by atoms with E-state index in [0.717, 1.165) is 0 Å². The molecule has 7 nitrogen and oxygen atoms in total. The van der Waals surface area contributed by atoms with E-state index in [1.807, 2.05) is 6.07 Å². The van der Waals surface area contributed by atoms with Crippen LogP contribution in [0.25, 0.3) is 0 Å². The van der Waals surface area contributed by atoms with Crippen LogP contribution in [-0.2, 0) is 4.74 Å². The fourth-order valence-corrected chi connectivity index (χ4v) is 2.74. The standard InChI is InChI=1S/C17H17N3O4S/c1-19(20(25-17(18)23)12-8-4-3-5-9-12)15(21)13-10-6-7-11-14(13)16(22)24-2/h3-11H,1-2H3,(H2,18,23). The van der Waals surface area contributed by atoms with Gasteiger partial charge in [0, 0.05) is 7.05 Å². The van der Waals surface area contributed by atoms with E-state index in [-0.39, 0.29) is 11.1 Å². The highest BCUT2D eigenvalue weighted by Gasteiger charge is 2.25. The maximum atomic E-state index is 12.9. The Labute approximate surface area is 149 Å². The van der Waals surface area contributed by atoms with Gasteiger partial charge >= 0.3 is 5.97 Å². The molecule has 0 fully saturated rings. The van der Waals surface area contributed by atoms with E-state index < -0.39 is 17.1 Å². The van der Waals surface area contributed by atoms with Crippen LogP contribution in [0.4, 0.5) is 10.5 Å². The predicted molar refractivity (Wildman–Crippen MR) is 96.0 cm³/mol. The summed E-state index contributed by atoms with van der Waals surface area (Å²) in [6, 6.07) is 15.1. The lowest BCUT2D eigenvalue weighted by atomic mass is 10.1. The maximum Gasteiger partial charge on any atom is 0.338 e. The van der Waals surface area contributed by atoms with Gasteiger partial charge in [0.1, 0.15) is 0 Å². The van der Waals surface area contributed by atoms with Crippen LogP contribution in [0.1, 0.15) is 20.7 Å². The van der Waals surface area contributed by atoms with Crippen molar-refractivity contribution in [3.63, 3.8) is 0 Å². The minimum absolute atomic E-state index is 0.138. The number of primary amides is 1. The Kier molecular flexibility index (Phi) is 6.02. The second kappa shape index (κ2) is 8.20. The van der Waals surface area contributed by atoms with E-state index in [9.17, 15) is 14.4 Å². The topological polar surface area (TPSA) is 92.9 Å². The van der Waals surface area contributed by atoms with Gasteiger partial charge in [0.2, 0.25) is 0 Å². The molecule has 0 radical (unpaired) electrons. The van der Waals surface area contributed by atoms with E-state index in [4.69, 9.17) is 10.5 Å². The zero-order valence-electron chi connectivity index (χ0n) is 13.7. The van der Waals surface area contributed by atoms with Crippen LogP contribution in [0.15, 0.2) is 54.6 Å². The molecule has 0 aliphatic carbocycles. The number of nitrogens with two attached hydrogens (primary N) is 1. The first kappa shape index (κ1) is 18.3. The summed E-state index contributed by atoms with van der Waals surface area (Å²) in [5.74, 6) is -1.11. The number of methoxy groups -OCH3 is 1. The molecule has 8 heteroatoms. The smallest absolute Gasteiger partial charge is 0.338 e. The third-order valence-corrected chi connectivity index (χ3v) is 4.09. The fourth-order valence-electron chi connectivity index (χ4n) is 2.14. The van der Waals surface area contributed by atoms with Crippen molar-refractivity contribution in [3.05, 3.63) is 65.7 Å². The molecular formula is C17H17N3O4S. The molecule has 0 aliphatic rings. The number of benzene rings is 2. The molecule has 0 saturated heterocycles. The Hall–Kier alpha value is -3.00. The van der Waals surface area contributed by atoms with E-state index in [2.05, 4.69) is 0 Å². The maximum absolute atomic E-state index is 12.9. The van der Waals surface area contributed by atoms with Gasteiger partial charge in [-0.1, -0.05) is 30.3 Å². The summed E-state index contributed by atoms with van der Waals surface area (Å²) < 4.78 is 6.07. The first-order valence-electron chi connectivity index (χ1n) is 7.23. The van der Waals surface area contributed by atoms with Crippen molar-refractivity contribution in [3.8, 4) is 0 Å². The summed E-state index contributed by atoms with van der Waals surface area (Å²) in [5.41, 5.74) is 6.15. The molecule has 0 aliphatic heterocycles. The molecule has 2 aromatic carbocycles. The molecule has 0 heterocycles. The van der Waals surface area contributed by atoms with Crippen molar-refractivity contribution >= 4 is 34.8 Å². The van der Waals surface area contributed by atoms with Crippen LogP contribution in [-0.4, -0.2) is 36.3 Å². The highest BCUT2D eigenvalue weighted by atomic mass is 32.2. The highest BCUT2D eigenvalue weighted by molar-refractivity contribution is 8.14. The largest absolute Gasteiger partial charge is 0.465 e. The molecule has 0 saturated carbocycles. The molecule has 0 bridgehead atoms. The van der Waals surface area contributed by atoms with Gasteiger partial charge in [-0.25, -0.2) is 14.2 Å². The Morgan fingerprint density at radius 2 is 1.52 bits per heavy atom. The van der Waals surface area contributed by atoms with E-state index in [0.29, 0.717) is 17.6 Å². The lowest BCUT2D eigenvalue weighted by Crippen LogP contribution is -2.41. The monoisotopic (exact) mass is 359 g/mol. The van der Waals surface area contributed by atoms with Crippen molar-refractivity contribution < 1.29 is 19.1 Å². The summed E-state index contributed by atoms with van der Waals surface area (Å²) in [5, 5.41) is 0.539. The zero-order valence-corrected chi connectivity index (χ0v) is 14.5. The zero-order chi connectivity index (χ0) is 18.4. The molecule has 2 rings (SSSR count). The molecule has 0 atom stereocenters. The van der Waals surface area contributed by atoms with Crippen molar-refractivity contribution in [1.82, 2.24) is 5.01 Å². The molecule has 25 heavy (non-hydrogen) atoms.